The van der Waals surface area contributed by atoms with Crippen molar-refractivity contribution >= 4 is 0 Å². The summed E-state index contributed by atoms with van der Waals surface area (Å²) in [6.45, 7) is -0.301. The van der Waals surface area contributed by atoms with Crippen LogP contribution in [0.25, 0.3) is 0 Å². The number of ether oxygens (including phenoxy) is 2. The number of aliphatic hydroxyl groups excluding tert-OH is 3. The van der Waals surface area contributed by atoms with Gasteiger partial charge < -0.3 is 24.8 Å². The molecule has 5 atom stereocenters. The Morgan fingerprint density at radius 1 is 1.09 bits per heavy atom. The van der Waals surface area contributed by atoms with Gasteiger partial charge in [-0.2, -0.15) is 0 Å². The maximum atomic E-state index is 9.28. The van der Waals surface area contributed by atoms with Crippen LogP contribution in [0.3, 0.4) is 0 Å². The number of epoxide rings is 1. The van der Waals surface area contributed by atoms with Gasteiger partial charge in [0.15, 0.2) is 6.29 Å². The van der Waals surface area contributed by atoms with Crippen LogP contribution < -0.4 is 0 Å². The number of hydrogen-bond donors (Lipinski definition) is 3. The Balaban J connectivity index is 2.02. The van der Waals surface area contributed by atoms with Crippen molar-refractivity contribution in [3.05, 3.63) is 0 Å². The van der Waals surface area contributed by atoms with E-state index in [1.165, 1.54) is 0 Å². The average Bonchev–Trinajstić information content (AvgIpc) is 2.75. The predicted molar refractivity (Wildman–Crippen MR) is 32.6 cm³/mol. The zero-order chi connectivity index (χ0) is 8.01. The highest BCUT2D eigenvalue weighted by atomic mass is 16.7. The molecule has 2 aliphatic rings. The zero-order valence-electron chi connectivity index (χ0n) is 5.75. The molecule has 5 heteroatoms. The van der Waals surface area contributed by atoms with Crippen LogP contribution in [-0.4, -0.2) is 52.6 Å². The lowest BCUT2D eigenvalue weighted by Crippen LogP contribution is -2.46. The second-order valence-corrected chi connectivity index (χ2v) is 2.80. The molecule has 64 valence electrons. The van der Waals surface area contributed by atoms with Crippen LogP contribution in [0.4, 0.5) is 0 Å². The monoisotopic (exact) mass is 162 g/mol. The van der Waals surface area contributed by atoms with E-state index in [2.05, 4.69) is 0 Å². The number of rotatable bonds is 1. The Morgan fingerprint density at radius 3 is 2.45 bits per heavy atom. The molecule has 5 nitrogen and oxygen atoms in total. The van der Waals surface area contributed by atoms with Gasteiger partial charge in [-0.25, -0.2) is 0 Å². The molecule has 2 heterocycles. The predicted octanol–water partition coefficient (Wildman–Crippen LogP) is -2.18. The van der Waals surface area contributed by atoms with E-state index >= 15 is 0 Å². The maximum Gasteiger partial charge on any atom is 0.184 e. The second kappa shape index (κ2) is 2.40. The Labute approximate surface area is 63.2 Å². The Kier molecular flexibility index (Phi) is 1.62. The van der Waals surface area contributed by atoms with Gasteiger partial charge in [-0.15, -0.1) is 0 Å². The normalized spacial score (nSPS) is 55.4. The lowest BCUT2D eigenvalue weighted by Gasteiger charge is -2.26. The first-order valence-corrected chi connectivity index (χ1v) is 3.52. The molecule has 2 rings (SSSR count). The van der Waals surface area contributed by atoms with Crippen molar-refractivity contribution in [3.63, 3.8) is 0 Å². The van der Waals surface area contributed by atoms with Crippen LogP contribution in [0.2, 0.25) is 0 Å². The molecular formula is C6H10O5. The van der Waals surface area contributed by atoms with Gasteiger partial charge >= 0.3 is 0 Å². The third-order valence-corrected chi connectivity index (χ3v) is 2.05. The molecule has 11 heavy (non-hydrogen) atoms. The van der Waals surface area contributed by atoms with E-state index in [0.717, 1.165) is 0 Å². The molecule has 0 aliphatic carbocycles. The van der Waals surface area contributed by atoms with Crippen LogP contribution in [0.15, 0.2) is 0 Å². The SMILES string of the molecule is OC[C@H]1O[C@H](O)[C@@H]2O[C@H]2[C@@H]1O. The van der Waals surface area contributed by atoms with Crippen LogP contribution in [-0.2, 0) is 9.47 Å². The summed E-state index contributed by atoms with van der Waals surface area (Å²) < 4.78 is 9.73. The van der Waals surface area contributed by atoms with Crippen molar-refractivity contribution < 1.29 is 24.8 Å². The fourth-order valence-corrected chi connectivity index (χ4v) is 1.34. The molecule has 0 aromatic heterocycles. The smallest absolute Gasteiger partial charge is 0.184 e. The highest BCUT2D eigenvalue weighted by molar-refractivity contribution is 4.99. The highest BCUT2D eigenvalue weighted by Gasteiger charge is 2.56. The van der Waals surface area contributed by atoms with E-state index in [-0.39, 0.29) is 12.7 Å². The largest absolute Gasteiger partial charge is 0.394 e. The van der Waals surface area contributed by atoms with E-state index < -0.39 is 24.6 Å². The quantitative estimate of drug-likeness (QED) is 0.382. The lowest BCUT2D eigenvalue weighted by atomic mass is 10.1. The third kappa shape index (κ3) is 1.05. The molecule has 0 aromatic carbocycles. The molecule has 2 saturated heterocycles. The van der Waals surface area contributed by atoms with Crippen LogP contribution in [0.1, 0.15) is 0 Å². The summed E-state index contributed by atoms with van der Waals surface area (Å²) >= 11 is 0. The molecule has 2 aliphatic heterocycles. The van der Waals surface area contributed by atoms with Crippen molar-refractivity contribution in [2.45, 2.75) is 30.7 Å². The zero-order valence-corrected chi connectivity index (χ0v) is 5.75. The number of aliphatic hydroxyl groups is 3. The minimum absolute atomic E-state index is 0.301. The first-order valence-electron chi connectivity index (χ1n) is 3.52. The lowest BCUT2D eigenvalue weighted by molar-refractivity contribution is -0.194. The van der Waals surface area contributed by atoms with Crippen molar-refractivity contribution in [1.29, 1.82) is 0 Å². The summed E-state index contributed by atoms with van der Waals surface area (Å²) in [7, 11) is 0. The molecule has 0 amide bonds. The van der Waals surface area contributed by atoms with Crippen molar-refractivity contribution in [2.24, 2.45) is 0 Å². The second-order valence-electron chi connectivity index (χ2n) is 2.80. The topological polar surface area (TPSA) is 82.5 Å². The molecule has 0 saturated carbocycles. The summed E-state index contributed by atoms with van der Waals surface area (Å²) in [5, 5.41) is 27.0. The summed E-state index contributed by atoms with van der Waals surface area (Å²) in [6, 6.07) is 0. The molecule has 0 spiro atoms. The number of fused-ring (bicyclic) bond motifs is 1. The first kappa shape index (κ1) is 7.45. The molecule has 0 radical (unpaired) electrons. The van der Waals surface area contributed by atoms with Crippen molar-refractivity contribution in [2.75, 3.05) is 6.61 Å². The van der Waals surface area contributed by atoms with E-state index in [1.807, 2.05) is 0 Å². The van der Waals surface area contributed by atoms with Gasteiger partial charge in [0, 0.05) is 0 Å². The summed E-state index contributed by atoms with van der Waals surface area (Å²) in [6.07, 6.45) is -3.27. The van der Waals surface area contributed by atoms with Gasteiger partial charge in [-0.3, -0.25) is 0 Å². The van der Waals surface area contributed by atoms with Crippen LogP contribution in [0.5, 0.6) is 0 Å². The van der Waals surface area contributed by atoms with Crippen molar-refractivity contribution in [3.8, 4) is 0 Å². The minimum Gasteiger partial charge on any atom is -0.394 e. The van der Waals surface area contributed by atoms with Gasteiger partial charge in [-0.05, 0) is 0 Å². The fourth-order valence-electron chi connectivity index (χ4n) is 1.34. The molecule has 0 aromatic rings. The van der Waals surface area contributed by atoms with E-state index in [1.54, 1.807) is 0 Å². The van der Waals surface area contributed by atoms with E-state index in [0.29, 0.717) is 0 Å². The Bertz CT molecular complexity index is 161. The fraction of sp³-hybridized carbons (Fsp3) is 1.00. The van der Waals surface area contributed by atoms with Crippen LogP contribution in [0, 0.1) is 0 Å². The third-order valence-electron chi connectivity index (χ3n) is 2.05. The van der Waals surface area contributed by atoms with Crippen LogP contribution >= 0.6 is 0 Å². The standard InChI is InChI=1S/C6H10O5/c7-1-2-3(8)4-5(11-4)6(9)10-2/h2-9H,1H2/t2-,3-,4+,5-,6+/m1/s1. The Morgan fingerprint density at radius 2 is 1.82 bits per heavy atom. The van der Waals surface area contributed by atoms with E-state index in [9.17, 15) is 5.11 Å². The van der Waals surface area contributed by atoms with Gasteiger partial charge in [0.1, 0.15) is 24.4 Å². The van der Waals surface area contributed by atoms with Gasteiger partial charge in [-0.1, -0.05) is 0 Å². The Hall–Kier alpha value is -0.200. The van der Waals surface area contributed by atoms with Gasteiger partial charge in [0.25, 0.3) is 0 Å². The minimum atomic E-state index is -0.999. The summed E-state index contributed by atoms with van der Waals surface area (Å²) in [4.78, 5) is 0. The molecule has 2 fully saturated rings. The van der Waals surface area contributed by atoms with Gasteiger partial charge in [0.2, 0.25) is 0 Å². The van der Waals surface area contributed by atoms with E-state index in [4.69, 9.17) is 19.7 Å². The molecular weight excluding hydrogens is 152 g/mol. The van der Waals surface area contributed by atoms with Crippen molar-refractivity contribution in [1.82, 2.24) is 0 Å². The first-order chi connectivity index (χ1) is 5.24. The molecule has 0 bridgehead atoms. The maximum absolute atomic E-state index is 9.28. The average molecular weight is 162 g/mol. The van der Waals surface area contributed by atoms with Gasteiger partial charge in [0.05, 0.1) is 6.61 Å². The molecule has 3 N–H and O–H groups in total. The molecule has 0 unspecified atom stereocenters. The summed E-state index contributed by atoms with van der Waals surface area (Å²) in [5.41, 5.74) is 0. The highest BCUT2D eigenvalue weighted by Crippen LogP contribution is 2.36. The summed E-state index contributed by atoms with van der Waals surface area (Å²) in [5.74, 6) is 0. The number of hydrogen-bond acceptors (Lipinski definition) is 5.